The van der Waals surface area contributed by atoms with E-state index in [4.69, 9.17) is 40.2 Å². The van der Waals surface area contributed by atoms with E-state index in [1.54, 1.807) is 0 Å². The minimum atomic E-state index is -0.111. The van der Waals surface area contributed by atoms with Gasteiger partial charge in [0, 0.05) is 21.3 Å². The minimum absolute atomic E-state index is 0.111. The first-order chi connectivity index (χ1) is 9.49. The van der Waals surface area contributed by atoms with Crippen molar-refractivity contribution in [2.75, 3.05) is 0 Å². The standard InChI is InChI=1S/C15H12Cl3NO/c16-10-7-11(15(20)13(18)8-10)14(19)6-5-9-3-1-2-4-12(9)17/h1-4,7-8,19-20H,5-6H2. The van der Waals surface area contributed by atoms with Crippen LogP contribution in [0.3, 0.4) is 0 Å². The van der Waals surface area contributed by atoms with E-state index >= 15 is 0 Å². The van der Waals surface area contributed by atoms with Gasteiger partial charge in [-0.2, -0.15) is 0 Å². The highest BCUT2D eigenvalue weighted by atomic mass is 35.5. The number of hydrogen-bond donors (Lipinski definition) is 2. The number of aryl methyl sites for hydroxylation is 1. The second kappa shape index (κ2) is 6.49. The lowest BCUT2D eigenvalue weighted by atomic mass is 10.0. The molecule has 0 amide bonds. The second-order valence-corrected chi connectivity index (χ2v) is 5.60. The summed E-state index contributed by atoms with van der Waals surface area (Å²) < 4.78 is 0. The summed E-state index contributed by atoms with van der Waals surface area (Å²) in [6, 6.07) is 10.5. The maximum atomic E-state index is 9.89. The SMILES string of the molecule is N=C(CCc1ccccc1Cl)c1cc(Cl)cc(Cl)c1O. The van der Waals surface area contributed by atoms with Crippen molar-refractivity contribution in [1.82, 2.24) is 0 Å². The highest BCUT2D eigenvalue weighted by Crippen LogP contribution is 2.32. The Morgan fingerprint density at radius 3 is 2.45 bits per heavy atom. The maximum absolute atomic E-state index is 9.89. The molecule has 2 N–H and O–H groups in total. The van der Waals surface area contributed by atoms with Crippen LogP contribution in [0.4, 0.5) is 0 Å². The zero-order chi connectivity index (χ0) is 14.7. The molecule has 2 rings (SSSR count). The van der Waals surface area contributed by atoms with Gasteiger partial charge in [0.1, 0.15) is 5.75 Å². The lowest BCUT2D eigenvalue weighted by Gasteiger charge is -2.09. The molecule has 0 aliphatic rings. The molecule has 2 aromatic rings. The van der Waals surface area contributed by atoms with Gasteiger partial charge < -0.3 is 10.5 Å². The van der Waals surface area contributed by atoms with E-state index in [1.807, 2.05) is 24.3 Å². The number of nitrogens with one attached hydrogen (secondary N) is 1. The van der Waals surface area contributed by atoms with Crippen LogP contribution in [0.2, 0.25) is 15.1 Å². The van der Waals surface area contributed by atoms with Gasteiger partial charge in [-0.25, -0.2) is 0 Å². The number of rotatable bonds is 4. The topological polar surface area (TPSA) is 44.1 Å². The molecule has 0 spiro atoms. The molecule has 0 aliphatic carbocycles. The Kier molecular flexibility index (Phi) is 4.92. The summed E-state index contributed by atoms with van der Waals surface area (Å²) >= 11 is 17.8. The zero-order valence-corrected chi connectivity index (χ0v) is 12.7. The molecule has 0 aromatic heterocycles. The molecule has 0 bridgehead atoms. The second-order valence-electron chi connectivity index (χ2n) is 4.35. The molecule has 0 atom stereocenters. The van der Waals surface area contributed by atoms with Crippen LogP contribution in [0, 0.1) is 5.41 Å². The molecule has 0 aliphatic heterocycles. The van der Waals surface area contributed by atoms with Crippen molar-refractivity contribution in [2.24, 2.45) is 0 Å². The van der Waals surface area contributed by atoms with Gasteiger partial charge in [-0.3, -0.25) is 0 Å². The average molecular weight is 329 g/mol. The van der Waals surface area contributed by atoms with Gasteiger partial charge in [-0.05, 0) is 36.6 Å². The van der Waals surface area contributed by atoms with Crippen LogP contribution < -0.4 is 0 Å². The molecular formula is C15H12Cl3NO. The highest BCUT2D eigenvalue weighted by Gasteiger charge is 2.13. The van der Waals surface area contributed by atoms with E-state index in [9.17, 15) is 5.11 Å². The van der Waals surface area contributed by atoms with Crippen LogP contribution in [0.1, 0.15) is 17.5 Å². The first-order valence-corrected chi connectivity index (χ1v) is 7.11. The molecule has 0 saturated heterocycles. The fourth-order valence-corrected chi connectivity index (χ4v) is 2.62. The van der Waals surface area contributed by atoms with Crippen molar-refractivity contribution in [3.05, 3.63) is 62.6 Å². The first kappa shape index (κ1) is 15.2. The van der Waals surface area contributed by atoms with Crippen LogP contribution in [0.15, 0.2) is 36.4 Å². The summed E-state index contributed by atoms with van der Waals surface area (Å²) in [5, 5.41) is 19.2. The Morgan fingerprint density at radius 2 is 1.75 bits per heavy atom. The molecule has 0 saturated carbocycles. The molecule has 0 radical (unpaired) electrons. The molecule has 2 aromatic carbocycles. The Hall–Kier alpha value is -1.22. The van der Waals surface area contributed by atoms with Gasteiger partial charge in [0.25, 0.3) is 0 Å². The first-order valence-electron chi connectivity index (χ1n) is 5.98. The van der Waals surface area contributed by atoms with E-state index < -0.39 is 0 Å². The Labute approximate surface area is 132 Å². The van der Waals surface area contributed by atoms with E-state index in [0.29, 0.717) is 28.5 Å². The van der Waals surface area contributed by atoms with Gasteiger partial charge in [0.05, 0.1) is 5.02 Å². The van der Waals surface area contributed by atoms with Crippen molar-refractivity contribution in [3.63, 3.8) is 0 Å². The van der Waals surface area contributed by atoms with E-state index in [2.05, 4.69) is 0 Å². The molecule has 0 fully saturated rings. The highest BCUT2D eigenvalue weighted by molar-refractivity contribution is 6.36. The van der Waals surface area contributed by atoms with Gasteiger partial charge in [-0.15, -0.1) is 0 Å². The number of benzene rings is 2. The molecule has 0 unspecified atom stereocenters. The van der Waals surface area contributed by atoms with Crippen molar-refractivity contribution in [1.29, 1.82) is 5.41 Å². The zero-order valence-electron chi connectivity index (χ0n) is 10.5. The minimum Gasteiger partial charge on any atom is -0.506 e. The Balaban J connectivity index is 2.15. The predicted molar refractivity (Wildman–Crippen MR) is 84.7 cm³/mol. The summed E-state index contributed by atoms with van der Waals surface area (Å²) in [6.07, 6.45) is 1.05. The van der Waals surface area contributed by atoms with Crippen molar-refractivity contribution >= 4 is 40.5 Å². The van der Waals surface area contributed by atoms with E-state index in [-0.39, 0.29) is 16.5 Å². The van der Waals surface area contributed by atoms with Crippen LogP contribution >= 0.6 is 34.8 Å². The lowest BCUT2D eigenvalue weighted by Crippen LogP contribution is -2.02. The fourth-order valence-electron chi connectivity index (χ4n) is 1.89. The van der Waals surface area contributed by atoms with E-state index in [1.165, 1.54) is 12.1 Å². The lowest BCUT2D eigenvalue weighted by molar-refractivity contribution is 0.474. The number of phenolic OH excluding ortho intramolecular Hbond substituents is 1. The quantitative estimate of drug-likeness (QED) is 0.730. The van der Waals surface area contributed by atoms with Gasteiger partial charge >= 0.3 is 0 Å². The van der Waals surface area contributed by atoms with Crippen LogP contribution in [0.25, 0.3) is 0 Å². The number of halogens is 3. The Morgan fingerprint density at radius 1 is 1.05 bits per heavy atom. The Bertz CT molecular complexity index is 656. The predicted octanol–water partition coefficient (Wildman–Crippen LogP) is 5.35. The number of hydrogen-bond acceptors (Lipinski definition) is 2. The van der Waals surface area contributed by atoms with Crippen LogP contribution in [-0.2, 0) is 6.42 Å². The summed E-state index contributed by atoms with van der Waals surface area (Å²) in [6.45, 7) is 0. The maximum Gasteiger partial charge on any atom is 0.143 e. The molecule has 0 heterocycles. The van der Waals surface area contributed by atoms with Gasteiger partial charge in [0.2, 0.25) is 0 Å². The van der Waals surface area contributed by atoms with Crippen molar-refractivity contribution in [2.45, 2.75) is 12.8 Å². The molecular weight excluding hydrogens is 317 g/mol. The largest absolute Gasteiger partial charge is 0.506 e. The smallest absolute Gasteiger partial charge is 0.143 e. The number of aromatic hydroxyl groups is 1. The summed E-state index contributed by atoms with van der Waals surface area (Å²) in [7, 11) is 0. The molecule has 5 heteroatoms. The monoisotopic (exact) mass is 327 g/mol. The van der Waals surface area contributed by atoms with Crippen LogP contribution in [-0.4, -0.2) is 10.8 Å². The van der Waals surface area contributed by atoms with Gasteiger partial charge in [0.15, 0.2) is 0 Å². The molecule has 20 heavy (non-hydrogen) atoms. The van der Waals surface area contributed by atoms with Gasteiger partial charge in [-0.1, -0.05) is 53.0 Å². The summed E-state index contributed by atoms with van der Waals surface area (Å²) in [4.78, 5) is 0. The summed E-state index contributed by atoms with van der Waals surface area (Å²) in [5.74, 6) is -0.111. The van der Waals surface area contributed by atoms with E-state index in [0.717, 1.165) is 5.56 Å². The normalized spacial score (nSPS) is 10.6. The third-order valence-electron chi connectivity index (χ3n) is 2.96. The average Bonchev–Trinajstić information content (AvgIpc) is 2.41. The summed E-state index contributed by atoms with van der Waals surface area (Å²) in [5.41, 5.74) is 1.59. The van der Waals surface area contributed by atoms with Crippen LogP contribution in [0.5, 0.6) is 5.75 Å². The molecule has 104 valence electrons. The number of phenols is 1. The van der Waals surface area contributed by atoms with Crippen molar-refractivity contribution in [3.8, 4) is 5.75 Å². The fraction of sp³-hybridized carbons (Fsp3) is 0.133. The third-order valence-corrected chi connectivity index (χ3v) is 3.83. The third kappa shape index (κ3) is 3.45. The molecule has 2 nitrogen and oxygen atoms in total. The van der Waals surface area contributed by atoms with Crippen molar-refractivity contribution < 1.29 is 5.11 Å².